The molecule has 70 valence electrons. The lowest BCUT2D eigenvalue weighted by atomic mass is 10.2. The van der Waals surface area contributed by atoms with E-state index in [2.05, 4.69) is 4.74 Å². The van der Waals surface area contributed by atoms with Crippen LogP contribution in [0, 0.1) is 0 Å². The molecule has 1 unspecified atom stereocenters. The van der Waals surface area contributed by atoms with Crippen LogP contribution in [-0.4, -0.2) is 25.2 Å². The normalized spacial score (nSPS) is 11.8. The van der Waals surface area contributed by atoms with Gasteiger partial charge >= 0.3 is 5.97 Å². The summed E-state index contributed by atoms with van der Waals surface area (Å²) < 4.78 is 9.32. The molecule has 0 spiro atoms. The number of hydrogen-bond acceptors (Lipinski definition) is 4. The van der Waals surface area contributed by atoms with Crippen molar-refractivity contribution in [3.05, 3.63) is 0 Å². The molecule has 0 aromatic heterocycles. The van der Waals surface area contributed by atoms with E-state index in [1.54, 1.807) is 0 Å². The van der Waals surface area contributed by atoms with E-state index >= 15 is 0 Å². The zero-order valence-electron chi connectivity index (χ0n) is 7.41. The highest BCUT2D eigenvalue weighted by Gasteiger charge is 2.03. The second-order valence-corrected chi connectivity index (χ2v) is 2.53. The first-order valence-corrected chi connectivity index (χ1v) is 3.89. The molecule has 0 rings (SSSR count). The molecule has 0 aliphatic heterocycles. The van der Waals surface area contributed by atoms with E-state index < -0.39 is 0 Å². The molecule has 1 atom stereocenters. The Hall–Kier alpha value is -1.06. The first kappa shape index (κ1) is 10.9. The van der Waals surface area contributed by atoms with Crippen molar-refractivity contribution in [2.24, 2.45) is 0 Å². The molecule has 0 N–H and O–H groups in total. The zero-order valence-corrected chi connectivity index (χ0v) is 7.41. The Morgan fingerprint density at radius 2 is 2.25 bits per heavy atom. The van der Waals surface area contributed by atoms with Crippen molar-refractivity contribution < 1.29 is 19.1 Å². The van der Waals surface area contributed by atoms with E-state index in [0.717, 1.165) is 0 Å². The quantitative estimate of drug-likeness (QED) is 0.341. The standard InChI is InChI=1S/C8H14O4/c1-7(12-8(2)10)4-3-5-11-6-9/h6-7H,3-5H2,1-2H3. The van der Waals surface area contributed by atoms with Crippen LogP contribution in [0.1, 0.15) is 26.7 Å². The Morgan fingerprint density at radius 3 is 2.75 bits per heavy atom. The van der Waals surface area contributed by atoms with Gasteiger partial charge in [-0.25, -0.2) is 0 Å². The summed E-state index contributed by atoms with van der Waals surface area (Å²) >= 11 is 0. The average Bonchev–Trinajstić information content (AvgIpc) is 1.97. The minimum absolute atomic E-state index is 0.0993. The first-order chi connectivity index (χ1) is 5.66. The molecular formula is C8H14O4. The van der Waals surface area contributed by atoms with Crippen LogP contribution in [-0.2, 0) is 19.1 Å². The predicted molar refractivity (Wildman–Crippen MR) is 42.5 cm³/mol. The topological polar surface area (TPSA) is 52.6 Å². The van der Waals surface area contributed by atoms with E-state index in [4.69, 9.17) is 4.74 Å². The van der Waals surface area contributed by atoms with E-state index in [-0.39, 0.29) is 12.1 Å². The van der Waals surface area contributed by atoms with Crippen molar-refractivity contribution in [1.29, 1.82) is 0 Å². The Balaban J connectivity index is 3.24. The zero-order chi connectivity index (χ0) is 9.40. The monoisotopic (exact) mass is 174 g/mol. The highest BCUT2D eigenvalue weighted by Crippen LogP contribution is 2.01. The predicted octanol–water partition coefficient (Wildman–Crippen LogP) is 0.891. The highest BCUT2D eigenvalue weighted by molar-refractivity contribution is 5.66. The molecule has 0 aliphatic carbocycles. The van der Waals surface area contributed by atoms with Gasteiger partial charge in [0.05, 0.1) is 12.7 Å². The van der Waals surface area contributed by atoms with Crippen LogP contribution in [0.15, 0.2) is 0 Å². The molecule has 0 amide bonds. The molecule has 0 fully saturated rings. The fourth-order valence-corrected chi connectivity index (χ4v) is 0.844. The second kappa shape index (κ2) is 6.64. The lowest BCUT2D eigenvalue weighted by Crippen LogP contribution is -2.12. The summed E-state index contributed by atoms with van der Waals surface area (Å²) in [6.45, 7) is 3.98. The fraction of sp³-hybridized carbons (Fsp3) is 0.750. The van der Waals surface area contributed by atoms with Crippen LogP contribution in [0.25, 0.3) is 0 Å². The van der Waals surface area contributed by atoms with Crippen LogP contribution >= 0.6 is 0 Å². The third-order valence-electron chi connectivity index (χ3n) is 1.31. The van der Waals surface area contributed by atoms with Gasteiger partial charge < -0.3 is 9.47 Å². The van der Waals surface area contributed by atoms with Crippen LogP contribution in [0.4, 0.5) is 0 Å². The number of carbonyl (C=O) groups excluding carboxylic acids is 2. The van der Waals surface area contributed by atoms with Gasteiger partial charge in [-0.15, -0.1) is 0 Å². The average molecular weight is 174 g/mol. The molecule has 0 aromatic carbocycles. The minimum Gasteiger partial charge on any atom is -0.468 e. The summed E-state index contributed by atoms with van der Waals surface area (Å²) in [6, 6.07) is 0. The Kier molecular flexibility index (Phi) is 6.05. The second-order valence-electron chi connectivity index (χ2n) is 2.53. The van der Waals surface area contributed by atoms with Gasteiger partial charge in [0, 0.05) is 6.92 Å². The van der Waals surface area contributed by atoms with Gasteiger partial charge in [0.1, 0.15) is 0 Å². The third kappa shape index (κ3) is 7.05. The summed E-state index contributed by atoms with van der Waals surface area (Å²) in [5.74, 6) is -0.279. The van der Waals surface area contributed by atoms with Gasteiger partial charge in [-0.05, 0) is 19.8 Å². The van der Waals surface area contributed by atoms with Crippen molar-refractivity contribution in [3.8, 4) is 0 Å². The van der Waals surface area contributed by atoms with Crippen molar-refractivity contribution in [3.63, 3.8) is 0 Å². The lowest BCUT2D eigenvalue weighted by molar-refractivity contribution is -0.146. The number of esters is 1. The van der Waals surface area contributed by atoms with Crippen LogP contribution in [0.3, 0.4) is 0 Å². The minimum atomic E-state index is -0.279. The molecule has 4 heteroatoms. The number of rotatable bonds is 6. The number of ether oxygens (including phenoxy) is 2. The van der Waals surface area contributed by atoms with E-state index in [0.29, 0.717) is 25.9 Å². The summed E-state index contributed by atoms with van der Waals surface area (Å²) in [4.78, 5) is 20.2. The largest absolute Gasteiger partial charge is 0.468 e. The van der Waals surface area contributed by atoms with Gasteiger partial charge in [-0.2, -0.15) is 0 Å². The molecule has 0 aromatic rings. The number of hydrogen-bond donors (Lipinski definition) is 0. The van der Waals surface area contributed by atoms with Gasteiger partial charge in [0.25, 0.3) is 6.47 Å². The van der Waals surface area contributed by atoms with E-state index in [1.807, 2.05) is 6.92 Å². The van der Waals surface area contributed by atoms with Crippen LogP contribution in [0.2, 0.25) is 0 Å². The molecule has 4 nitrogen and oxygen atoms in total. The van der Waals surface area contributed by atoms with Gasteiger partial charge in [-0.3, -0.25) is 9.59 Å². The van der Waals surface area contributed by atoms with Gasteiger partial charge in [0.2, 0.25) is 0 Å². The van der Waals surface area contributed by atoms with Crippen molar-refractivity contribution >= 4 is 12.4 Å². The summed E-state index contributed by atoms with van der Waals surface area (Å²) in [6.07, 6.45) is 1.33. The Bertz CT molecular complexity index is 144. The number of carbonyl (C=O) groups is 2. The molecule has 0 saturated heterocycles. The van der Waals surface area contributed by atoms with E-state index in [1.165, 1.54) is 6.92 Å². The maximum absolute atomic E-state index is 10.4. The molecule has 0 radical (unpaired) electrons. The van der Waals surface area contributed by atoms with Crippen molar-refractivity contribution in [2.75, 3.05) is 6.61 Å². The Labute approximate surface area is 71.8 Å². The molecular weight excluding hydrogens is 160 g/mol. The molecule has 0 saturated carbocycles. The smallest absolute Gasteiger partial charge is 0.302 e. The maximum Gasteiger partial charge on any atom is 0.302 e. The maximum atomic E-state index is 10.4. The molecule has 0 aliphatic rings. The van der Waals surface area contributed by atoms with Crippen LogP contribution in [0.5, 0.6) is 0 Å². The summed E-state index contributed by atoms with van der Waals surface area (Å²) in [7, 11) is 0. The summed E-state index contributed by atoms with van der Waals surface area (Å²) in [5.41, 5.74) is 0. The summed E-state index contributed by atoms with van der Waals surface area (Å²) in [5, 5.41) is 0. The van der Waals surface area contributed by atoms with Gasteiger partial charge in [-0.1, -0.05) is 0 Å². The van der Waals surface area contributed by atoms with E-state index in [9.17, 15) is 9.59 Å². The molecule has 12 heavy (non-hydrogen) atoms. The van der Waals surface area contributed by atoms with Gasteiger partial charge in [0.15, 0.2) is 0 Å². The molecule has 0 heterocycles. The third-order valence-corrected chi connectivity index (χ3v) is 1.31. The lowest BCUT2D eigenvalue weighted by Gasteiger charge is -2.10. The fourth-order valence-electron chi connectivity index (χ4n) is 0.844. The Morgan fingerprint density at radius 1 is 1.58 bits per heavy atom. The first-order valence-electron chi connectivity index (χ1n) is 3.89. The SMILES string of the molecule is CC(=O)OC(C)CCCOC=O. The van der Waals surface area contributed by atoms with Crippen molar-refractivity contribution in [2.45, 2.75) is 32.8 Å². The van der Waals surface area contributed by atoms with Crippen LogP contribution < -0.4 is 0 Å². The molecule has 0 bridgehead atoms. The highest BCUT2D eigenvalue weighted by atomic mass is 16.5. The van der Waals surface area contributed by atoms with Crippen molar-refractivity contribution in [1.82, 2.24) is 0 Å².